The van der Waals surface area contributed by atoms with Crippen LogP contribution in [0.4, 0.5) is 0 Å². The van der Waals surface area contributed by atoms with Crippen LogP contribution in [-0.4, -0.2) is 19.6 Å². The van der Waals surface area contributed by atoms with Gasteiger partial charge >= 0.3 is 24.8 Å². The Balaban J connectivity index is -0.000000125. The molecule has 0 spiro atoms. The molecule has 0 bridgehead atoms. The van der Waals surface area contributed by atoms with Crippen LogP contribution in [0.1, 0.15) is 1.43 Å². The van der Waals surface area contributed by atoms with Crippen molar-refractivity contribution in [3.8, 4) is 0 Å². The van der Waals surface area contributed by atoms with Gasteiger partial charge in [-0.3, -0.25) is 4.79 Å². The third-order valence-electron chi connectivity index (χ3n) is 0.394. The molecule has 0 unspecified atom stereocenters. The zero-order chi connectivity index (χ0) is 4.99. The predicted octanol–water partition coefficient (Wildman–Crippen LogP) is -3.77. The van der Waals surface area contributed by atoms with Crippen LogP contribution < -0.4 is 24.6 Å². The van der Waals surface area contributed by atoms with Crippen LogP contribution in [0.5, 0.6) is 0 Å². The average molecular weight is 97.0 g/mol. The van der Waals surface area contributed by atoms with Crippen molar-refractivity contribution in [3.05, 3.63) is 0 Å². The van der Waals surface area contributed by atoms with Gasteiger partial charge in [0, 0.05) is 0 Å². The topological polar surface area (TPSA) is 52.3 Å². The number of carbonyl (C=O) groups is 1. The maximum atomic E-state index is 9.83. The first-order valence-electron chi connectivity index (χ1n) is 1.58. The Labute approximate surface area is 55.9 Å². The minimum Gasteiger partial charge on any atom is -1.00 e. The van der Waals surface area contributed by atoms with E-state index in [1.165, 1.54) is 7.11 Å². The van der Waals surface area contributed by atoms with Crippen LogP contribution in [0.2, 0.25) is 0 Å². The first-order valence-corrected chi connectivity index (χ1v) is 1.58. The maximum Gasteiger partial charge on any atom is 1.00 e. The Bertz CT molecular complexity index is 55.2. The number of nitrogens with two attached hydrogens (primary N) is 1. The van der Waals surface area contributed by atoms with E-state index >= 15 is 0 Å². The van der Waals surface area contributed by atoms with Crippen molar-refractivity contribution < 1.29 is 29.8 Å². The Morgan fingerprint density at radius 3 is 2.43 bits per heavy atom. The van der Waals surface area contributed by atoms with Crippen molar-refractivity contribution in [3.63, 3.8) is 0 Å². The minimum absolute atomic E-state index is 0. The molecule has 0 atom stereocenters. The molecule has 0 fully saturated rings. The summed E-state index contributed by atoms with van der Waals surface area (Å²) >= 11 is 0. The molecule has 0 saturated heterocycles. The molecule has 3 nitrogen and oxygen atoms in total. The van der Waals surface area contributed by atoms with Crippen LogP contribution in [0.25, 0.3) is 0 Å². The second-order valence-electron chi connectivity index (χ2n) is 0.780. The van der Waals surface area contributed by atoms with Crippen molar-refractivity contribution in [2.45, 2.75) is 0 Å². The molecule has 38 valence electrons. The summed E-state index contributed by atoms with van der Waals surface area (Å²) in [5, 5.41) is 0. The van der Waals surface area contributed by atoms with Crippen LogP contribution in [0.15, 0.2) is 0 Å². The van der Waals surface area contributed by atoms with Gasteiger partial charge in [0.05, 0.1) is 13.7 Å². The first-order chi connectivity index (χ1) is 2.81. The molecule has 0 aliphatic heterocycles. The van der Waals surface area contributed by atoms with Crippen LogP contribution in [-0.2, 0) is 9.53 Å². The Kier molecular flexibility index (Phi) is 8.70. The summed E-state index contributed by atoms with van der Waals surface area (Å²) in [4.78, 5) is 9.83. The molecule has 0 heterocycles. The number of esters is 1. The van der Waals surface area contributed by atoms with Crippen LogP contribution in [0.3, 0.4) is 0 Å². The van der Waals surface area contributed by atoms with E-state index in [4.69, 9.17) is 5.73 Å². The Morgan fingerprint density at radius 2 is 2.43 bits per heavy atom. The molecule has 2 N–H and O–H groups in total. The fraction of sp³-hybridized carbons (Fsp3) is 0.667. The summed E-state index contributed by atoms with van der Waals surface area (Å²) < 4.78 is 4.14. The van der Waals surface area contributed by atoms with Gasteiger partial charge in [-0.05, 0) is 0 Å². The van der Waals surface area contributed by atoms with Crippen molar-refractivity contribution in [1.82, 2.24) is 0 Å². The fourth-order valence-electron chi connectivity index (χ4n) is 0.0833. The number of hydrogen-bond donors (Lipinski definition) is 1. The molecule has 0 aromatic heterocycles. The maximum absolute atomic E-state index is 9.83. The first kappa shape index (κ1) is 10.1. The van der Waals surface area contributed by atoms with Gasteiger partial charge in [-0.1, -0.05) is 0 Å². The SMILES string of the molecule is COC(=O)CN.[H-].[Li+]. The zero-order valence-corrected chi connectivity index (χ0v) is 4.60. The van der Waals surface area contributed by atoms with Gasteiger partial charge in [-0.25, -0.2) is 0 Å². The zero-order valence-electron chi connectivity index (χ0n) is 5.60. The molecule has 0 aliphatic carbocycles. The van der Waals surface area contributed by atoms with Crippen molar-refractivity contribution in [1.29, 1.82) is 0 Å². The third kappa shape index (κ3) is 6.03. The van der Waals surface area contributed by atoms with Crippen molar-refractivity contribution in [2.75, 3.05) is 13.7 Å². The van der Waals surface area contributed by atoms with E-state index in [0.29, 0.717) is 0 Å². The number of ether oxygens (including phenoxy) is 1. The smallest absolute Gasteiger partial charge is 1.00 e. The standard InChI is InChI=1S/C3H7NO2.Li.H/c1-6-3(5)2-4;;/h2,4H2,1H3;;/q;+1;-1. The van der Waals surface area contributed by atoms with Gasteiger partial charge in [0.15, 0.2) is 0 Å². The summed E-state index contributed by atoms with van der Waals surface area (Å²) in [6.45, 7) is -0.0312. The van der Waals surface area contributed by atoms with Gasteiger partial charge < -0.3 is 11.9 Å². The summed E-state index contributed by atoms with van der Waals surface area (Å²) in [5.74, 6) is -0.380. The Hall–Kier alpha value is 0.0274. The van der Waals surface area contributed by atoms with E-state index in [0.717, 1.165) is 0 Å². The quantitative estimate of drug-likeness (QED) is 0.270. The minimum atomic E-state index is -0.380. The number of hydrogen-bond acceptors (Lipinski definition) is 3. The van der Waals surface area contributed by atoms with Gasteiger partial charge in [0.2, 0.25) is 0 Å². The number of methoxy groups -OCH3 is 1. The molecule has 4 heteroatoms. The molecular formula is C3H8LiNO2. The predicted molar refractivity (Wildman–Crippen MR) is 22.2 cm³/mol. The fourth-order valence-corrected chi connectivity index (χ4v) is 0.0833. The van der Waals surface area contributed by atoms with Crippen LogP contribution in [0, 0.1) is 0 Å². The van der Waals surface area contributed by atoms with E-state index in [1.807, 2.05) is 0 Å². The summed E-state index contributed by atoms with van der Waals surface area (Å²) in [6, 6.07) is 0. The second kappa shape index (κ2) is 6.03. The van der Waals surface area contributed by atoms with Crippen molar-refractivity contribution in [2.24, 2.45) is 5.73 Å². The molecular weight excluding hydrogens is 89.0 g/mol. The molecule has 0 rings (SSSR count). The van der Waals surface area contributed by atoms with Gasteiger partial charge in [-0.15, -0.1) is 0 Å². The monoisotopic (exact) mass is 97.1 g/mol. The average Bonchev–Trinajstić information content (AvgIpc) is 1.65. The van der Waals surface area contributed by atoms with Gasteiger partial charge in [0.1, 0.15) is 0 Å². The largest absolute Gasteiger partial charge is 1.00 e. The second-order valence-corrected chi connectivity index (χ2v) is 0.780. The van der Waals surface area contributed by atoms with E-state index in [9.17, 15) is 4.79 Å². The van der Waals surface area contributed by atoms with Crippen molar-refractivity contribution >= 4 is 5.97 Å². The Morgan fingerprint density at radius 1 is 2.00 bits per heavy atom. The summed E-state index contributed by atoms with van der Waals surface area (Å²) in [7, 11) is 1.30. The molecule has 0 aromatic rings. The molecule has 0 aromatic carbocycles. The van der Waals surface area contributed by atoms with Gasteiger partial charge in [0.25, 0.3) is 0 Å². The number of rotatable bonds is 1. The molecule has 7 heavy (non-hydrogen) atoms. The van der Waals surface area contributed by atoms with E-state index in [-0.39, 0.29) is 32.8 Å². The molecule has 0 amide bonds. The third-order valence-corrected chi connectivity index (χ3v) is 0.394. The van der Waals surface area contributed by atoms with E-state index < -0.39 is 0 Å². The van der Waals surface area contributed by atoms with Crippen LogP contribution >= 0.6 is 0 Å². The summed E-state index contributed by atoms with van der Waals surface area (Å²) in [6.07, 6.45) is 0. The number of carbonyl (C=O) groups excluding carboxylic acids is 1. The van der Waals surface area contributed by atoms with E-state index in [1.54, 1.807) is 0 Å². The normalized spacial score (nSPS) is 6.57. The van der Waals surface area contributed by atoms with E-state index in [2.05, 4.69) is 4.74 Å². The van der Waals surface area contributed by atoms with Gasteiger partial charge in [-0.2, -0.15) is 0 Å². The molecule has 0 aliphatic rings. The molecule has 0 radical (unpaired) electrons. The summed E-state index contributed by atoms with van der Waals surface area (Å²) in [5.41, 5.74) is 4.81. The molecule has 0 saturated carbocycles.